The van der Waals surface area contributed by atoms with Gasteiger partial charge in [-0.25, -0.2) is 9.97 Å². The second-order valence-electron chi connectivity index (χ2n) is 5.74. The predicted molar refractivity (Wildman–Crippen MR) is 90.4 cm³/mol. The second-order valence-corrected chi connectivity index (χ2v) is 6.14. The molecule has 1 N–H and O–H groups in total. The lowest BCUT2D eigenvalue weighted by Gasteiger charge is -2.17. The van der Waals surface area contributed by atoms with Gasteiger partial charge in [0, 0.05) is 5.56 Å². The molecule has 0 saturated heterocycles. The van der Waals surface area contributed by atoms with Crippen LogP contribution in [0.1, 0.15) is 29.8 Å². The predicted octanol–water partition coefficient (Wildman–Crippen LogP) is 5.33. The van der Waals surface area contributed by atoms with Gasteiger partial charge in [-0.15, -0.1) is 0 Å². The molecule has 25 heavy (non-hydrogen) atoms. The van der Waals surface area contributed by atoms with Gasteiger partial charge in [0.05, 0.1) is 33.6 Å². The Labute approximate surface area is 147 Å². The topological polar surface area (TPSA) is 46.0 Å². The van der Waals surface area contributed by atoms with E-state index in [9.17, 15) is 18.3 Å². The third kappa shape index (κ3) is 3.19. The van der Waals surface area contributed by atoms with Gasteiger partial charge in [0.15, 0.2) is 0 Å². The Morgan fingerprint density at radius 1 is 1.08 bits per heavy atom. The minimum Gasteiger partial charge on any atom is -0.387 e. The Hall–Kier alpha value is -2.18. The van der Waals surface area contributed by atoms with Crippen LogP contribution < -0.4 is 0 Å². The van der Waals surface area contributed by atoms with Crippen molar-refractivity contribution in [3.8, 4) is 11.3 Å². The standard InChI is InChI=1S/C18H14ClF3N2O/c1-9-7-8-13-17(14(9)18(20,21)22)24-16(15(23-13)10(2)25)11-5-3-4-6-12(11)19/h3-8,10,25H,1-2H3. The number of halogens is 4. The molecule has 0 aliphatic carbocycles. The fourth-order valence-corrected chi connectivity index (χ4v) is 2.96. The molecule has 1 atom stereocenters. The van der Waals surface area contributed by atoms with Gasteiger partial charge in [-0.05, 0) is 31.5 Å². The maximum atomic E-state index is 13.5. The number of aromatic nitrogens is 2. The molecule has 7 heteroatoms. The third-order valence-electron chi connectivity index (χ3n) is 3.88. The number of benzene rings is 2. The van der Waals surface area contributed by atoms with Crippen molar-refractivity contribution in [3.63, 3.8) is 0 Å². The first-order valence-electron chi connectivity index (χ1n) is 7.51. The molecule has 0 bridgehead atoms. The molecular formula is C18H14ClF3N2O. The molecule has 0 amide bonds. The minimum absolute atomic E-state index is 0.0594. The van der Waals surface area contributed by atoms with Gasteiger partial charge >= 0.3 is 6.18 Å². The van der Waals surface area contributed by atoms with Gasteiger partial charge in [-0.2, -0.15) is 13.2 Å². The SMILES string of the molecule is Cc1ccc2nc(C(C)O)c(-c3ccccc3Cl)nc2c1C(F)(F)F. The van der Waals surface area contributed by atoms with Crippen LogP contribution in [0.2, 0.25) is 5.02 Å². The fourth-order valence-electron chi connectivity index (χ4n) is 2.74. The zero-order chi connectivity index (χ0) is 18.4. The van der Waals surface area contributed by atoms with E-state index in [0.717, 1.165) is 0 Å². The molecule has 0 radical (unpaired) electrons. The van der Waals surface area contributed by atoms with E-state index < -0.39 is 17.8 Å². The van der Waals surface area contributed by atoms with Crippen molar-refractivity contribution in [2.24, 2.45) is 0 Å². The molecule has 3 aromatic rings. The Kier molecular flexibility index (Phi) is 4.43. The van der Waals surface area contributed by atoms with Crippen molar-refractivity contribution in [2.45, 2.75) is 26.1 Å². The van der Waals surface area contributed by atoms with Crippen LogP contribution in [-0.4, -0.2) is 15.1 Å². The van der Waals surface area contributed by atoms with Gasteiger partial charge < -0.3 is 5.11 Å². The molecule has 3 rings (SSSR count). The second kappa shape index (κ2) is 6.28. The molecule has 1 aromatic heterocycles. The molecule has 0 spiro atoms. The molecule has 1 unspecified atom stereocenters. The maximum Gasteiger partial charge on any atom is 0.418 e. The summed E-state index contributed by atoms with van der Waals surface area (Å²) in [4.78, 5) is 8.46. The van der Waals surface area contributed by atoms with Crippen LogP contribution in [0.4, 0.5) is 13.2 Å². The van der Waals surface area contributed by atoms with Gasteiger partial charge in [0.25, 0.3) is 0 Å². The first kappa shape index (κ1) is 17.6. The molecule has 0 aliphatic rings. The molecule has 2 aromatic carbocycles. The number of aryl methyl sites for hydroxylation is 1. The Balaban J connectivity index is 2.44. The monoisotopic (exact) mass is 366 g/mol. The lowest BCUT2D eigenvalue weighted by atomic mass is 10.0. The molecule has 0 saturated carbocycles. The highest BCUT2D eigenvalue weighted by molar-refractivity contribution is 6.33. The van der Waals surface area contributed by atoms with Crippen LogP contribution in [-0.2, 0) is 6.18 Å². The van der Waals surface area contributed by atoms with Crippen molar-refractivity contribution in [1.29, 1.82) is 0 Å². The first-order valence-corrected chi connectivity index (χ1v) is 7.89. The summed E-state index contributed by atoms with van der Waals surface area (Å²) < 4.78 is 40.5. The average Bonchev–Trinajstić information content (AvgIpc) is 2.52. The number of fused-ring (bicyclic) bond motifs is 1. The van der Waals surface area contributed by atoms with Crippen LogP contribution >= 0.6 is 11.6 Å². The zero-order valence-corrected chi connectivity index (χ0v) is 14.2. The highest BCUT2D eigenvalue weighted by atomic mass is 35.5. The largest absolute Gasteiger partial charge is 0.418 e. The number of hydrogen-bond acceptors (Lipinski definition) is 3. The van der Waals surface area contributed by atoms with Gasteiger partial charge in [-0.1, -0.05) is 35.9 Å². The highest BCUT2D eigenvalue weighted by Gasteiger charge is 2.36. The Bertz CT molecular complexity index is 955. The van der Waals surface area contributed by atoms with E-state index in [0.29, 0.717) is 10.6 Å². The molecule has 0 aliphatic heterocycles. The van der Waals surface area contributed by atoms with E-state index >= 15 is 0 Å². The summed E-state index contributed by atoms with van der Waals surface area (Å²) in [5, 5.41) is 10.4. The smallest absolute Gasteiger partial charge is 0.387 e. The minimum atomic E-state index is -4.57. The van der Waals surface area contributed by atoms with Crippen molar-refractivity contribution < 1.29 is 18.3 Å². The summed E-state index contributed by atoms with van der Waals surface area (Å²) in [7, 11) is 0. The average molecular weight is 367 g/mol. The lowest BCUT2D eigenvalue weighted by Crippen LogP contribution is -2.11. The highest BCUT2D eigenvalue weighted by Crippen LogP contribution is 2.38. The van der Waals surface area contributed by atoms with E-state index in [1.807, 2.05) is 0 Å². The molecule has 3 nitrogen and oxygen atoms in total. The number of nitrogens with zero attached hydrogens (tertiary/aromatic N) is 2. The van der Waals surface area contributed by atoms with Crippen LogP contribution in [0, 0.1) is 6.92 Å². The summed E-state index contributed by atoms with van der Waals surface area (Å²) >= 11 is 6.18. The van der Waals surface area contributed by atoms with Crippen molar-refractivity contribution in [3.05, 3.63) is 58.2 Å². The third-order valence-corrected chi connectivity index (χ3v) is 4.21. The van der Waals surface area contributed by atoms with Crippen molar-refractivity contribution >= 4 is 22.6 Å². The zero-order valence-electron chi connectivity index (χ0n) is 13.4. The normalized spacial score (nSPS) is 13.2. The summed E-state index contributed by atoms with van der Waals surface area (Å²) in [6.07, 6.45) is -5.58. The van der Waals surface area contributed by atoms with Crippen LogP contribution in [0.5, 0.6) is 0 Å². The van der Waals surface area contributed by atoms with Crippen LogP contribution in [0.3, 0.4) is 0 Å². The van der Waals surface area contributed by atoms with Crippen molar-refractivity contribution in [2.75, 3.05) is 0 Å². The summed E-state index contributed by atoms with van der Waals surface area (Å²) in [6.45, 7) is 2.86. The summed E-state index contributed by atoms with van der Waals surface area (Å²) in [6, 6.07) is 9.45. The van der Waals surface area contributed by atoms with Crippen LogP contribution in [0.15, 0.2) is 36.4 Å². The summed E-state index contributed by atoms with van der Waals surface area (Å²) in [5.41, 5.74) is -0.213. The van der Waals surface area contributed by atoms with E-state index in [2.05, 4.69) is 9.97 Å². The quantitative estimate of drug-likeness (QED) is 0.666. The van der Waals surface area contributed by atoms with E-state index in [4.69, 9.17) is 11.6 Å². The number of aliphatic hydroxyl groups excluding tert-OH is 1. The Morgan fingerprint density at radius 3 is 2.36 bits per heavy atom. The number of aliphatic hydroxyl groups is 1. The lowest BCUT2D eigenvalue weighted by molar-refractivity contribution is -0.136. The maximum absolute atomic E-state index is 13.5. The van der Waals surface area contributed by atoms with Crippen LogP contribution in [0.25, 0.3) is 22.3 Å². The molecule has 0 fully saturated rings. The molecule has 1 heterocycles. The number of hydrogen-bond donors (Lipinski definition) is 1. The van der Waals surface area contributed by atoms with E-state index in [1.165, 1.54) is 26.0 Å². The summed E-state index contributed by atoms with van der Waals surface area (Å²) in [5.74, 6) is 0. The molecular weight excluding hydrogens is 353 g/mol. The number of rotatable bonds is 2. The van der Waals surface area contributed by atoms with E-state index in [-0.39, 0.29) is 28.0 Å². The van der Waals surface area contributed by atoms with Crippen molar-refractivity contribution in [1.82, 2.24) is 9.97 Å². The van der Waals surface area contributed by atoms with Gasteiger partial charge in [0.1, 0.15) is 5.52 Å². The van der Waals surface area contributed by atoms with E-state index in [1.54, 1.807) is 24.3 Å². The first-order chi connectivity index (χ1) is 11.7. The molecule has 130 valence electrons. The number of alkyl halides is 3. The Morgan fingerprint density at radius 2 is 1.76 bits per heavy atom. The van der Waals surface area contributed by atoms with Gasteiger partial charge in [0.2, 0.25) is 0 Å². The fraction of sp³-hybridized carbons (Fsp3) is 0.222. The van der Waals surface area contributed by atoms with Gasteiger partial charge in [-0.3, -0.25) is 0 Å².